The Morgan fingerprint density at radius 3 is 2.85 bits per heavy atom. The van der Waals surface area contributed by atoms with Gasteiger partial charge in [0.2, 0.25) is 0 Å². The Morgan fingerprint density at radius 1 is 1.25 bits per heavy atom. The largest absolute Gasteiger partial charge is 0.490 e. The lowest BCUT2D eigenvalue weighted by Gasteiger charge is -2.22. The van der Waals surface area contributed by atoms with Gasteiger partial charge in [-0.2, -0.15) is 0 Å². The third kappa shape index (κ3) is 3.39. The summed E-state index contributed by atoms with van der Waals surface area (Å²) in [5, 5.41) is 0. The van der Waals surface area contributed by atoms with Crippen LogP contribution in [-0.2, 0) is 6.42 Å². The Balaban J connectivity index is 1.57. The zero-order valence-electron chi connectivity index (χ0n) is 12.4. The van der Waals surface area contributed by atoms with E-state index in [0.717, 1.165) is 18.1 Å². The number of hydrogen-bond donors (Lipinski definition) is 0. The van der Waals surface area contributed by atoms with Crippen molar-refractivity contribution in [2.75, 3.05) is 0 Å². The monoisotopic (exact) mass is 336 g/mol. The Kier molecular flexibility index (Phi) is 4.70. The zero-order valence-corrected chi connectivity index (χ0v) is 14.0. The summed E-state index contributed by atoms with van der Waals surface area (Å²) in [6.45, 7) is 2.15. The van der Waals surface area contributed by atoms with Gasteiger partial charge in [0.1, 0.15) is 11.9 Å². The van der Waals surface area contributed by atoms with Crippen molar-refractivity contribution in [1.29, 1.82) is 0 Å². The molecule has 1 fully saturated rings. The first-order valence-corrected chi connectivity index (χ1v) is 9.07. The van der Waals surface area contributed by atoms with Gasteiger partial charge >= 0.3 is 0 Å². The van der Waals surface area contributed by atoms with Crippen LogP contribution in [-0.4, -0.2) is 6.10 Å². The van der Waals surface area contributed by atoms with Crippen LogP contribution in [0.2, 0.25) is 0 Å². The SMILES string of the molecule is CC1Cc2cc(C(Br)CCC3CCCCC3)ccc2O1. The Hall–Kier alpha value is -0.500. The van der Waals surface area contributed by atoms with Crippen LogP contribution in [0.15, 0.2) is 18.2 Å². The fraction of sp³-hybridized carbons (Fsp3) is 0.667. The van der Waals surface area contributed by atoms with Gasteiger partial charge in [-0.3, -0.25) is 0 Å². The van der Waals surface area contributed by atoms with Gasteiger partial charge in [0, 0.05) is 11.2 Å². The van der Waals surface area contributed by atoms with Crippen LogP contribution in [0.3, 0.4) is 0 Å². The number of hydrogen-bond acceptors (Lipinski definition) is 1. The Bertz CT molecular complexity index is 451. The summed E-state index contributed by atoms with van der Waals surface area (Å²) in [4.78, 5) is 0.505. The maximum atomic E-state index is 5.78. The molecule has 3 rings (SSSR count). The van der Waals surface area contributed by atoms with E-state index < -0.39 is 0 Å². The van der Waals surface area contributed by atoms with Gasteiger partial charge < -0.3 is 4.74 Å². The molecule has 20 heavy (non-hydrogen) atoms. The topological polar surface area (TPSA) is 9.23 Å². The molecular weight excluding hydrogens is 312 g/mol. The fourth-order valence-electron chi connectivity index (χ4n) is 3.66. The van der Waals surface area contributed by atoms with E-state index in [0.29, 0.717) is 10.9 Å². The Morgan fingerprint density at radius 2 is 2.05 bits per heavy atom. The van der Waals surface area contributed by atoms with Gasteiger partial charge in [-0.05, 0) is 42.9 Å². The highest BCUT2D eigenvalue weighted by Crippen LogP contribution is 2.37. The molecule has 1 saturated carbocycles. The second kappa shape index (κ2) is 6.51. The molecule has 2 unspecified atom stereocenters. The van der Waals surface area contributed by atoms with Crippen molar-refractivity contribution in [3.05, 3.63) is 29.3 Å². The minimum absolute atomic E-state index is 0.344. The van der Waals surface area contributed by atoms with Crippen molar-refractivity contribution < 1.29 is 4.74 Å². The molecule has 1 nitrogen and oxygen atoms in total. The van der Waals surface area contributed by atoms with Gasteiger partial charge in [-0.1, -0.05) is 60.2 Å². The van der Waals surface area contributed by atoms with E-state index in [-0.39, 0.29) is 0 Å². The van der Waals surface area contributed by atoms with Crippen LogP contribution in [0.5, 0.6) is 5.75 Å². The van der Waals surface area contributed by atoms with Gasteiger partial charge in [0.25, 0.3) is 0 Å². The van der Waals surface area contributed by atoms with E-state index in [4.69, 9.17) is 4.74 Å². The lowest BCUT2D eigenvalue weighted by atomic mass is 9.85. The third-order valence-corrected chi connectivity index (χ3v) is 5.82. The molecule has 0 saturated heterocycles. The van der Waals surface area contributed by atoms with E-state index in [1.54, 1.807) is 0 Å². The van der Waals surface area contributed by atoms with Crippen molar-refractivity contribution in [3.8, 4) is 5.75 Å². The van der Waals surface area contributed by atoms with Crippen LogP contribution in [0.25, 0.3) is 0 Å². The predicted octanol–water partition coefficient (Wildman–Crippen LogP) is 5.81. The molecule has 0 N–H and O–H groups in total. The highest BCUT2D eigenvalue weighted by atomic mass is 79.9. The summed E-state index contributed by atoms with van der Waals surface area (Å²) in [5.74, 6) is 2.06. The van der Waals surface area contributed by atoms with Crippen molar-refractivity contribution >= 4 is 15.9 Å². The van der Waals surface area contributed by atoms with Gasteiger partial charge in [0.15, 0.2) is 0 Å². The van der Waals surface area contributed by atoms with Crippen molar-refractivity contribution in [2.45, 2.75) is 69.2 Å². The number of benzene rings is 1. The van der Waals surface area contributed by atoms with Gasteiger partial charge in [-0.25, -0.2) is 0 Å². The standard InChI is InChI=1S/C18H25BrO/c1-13-11-16-12-15(8-10-18(16)20-13)17(19)9-7-14-5-3-2-4-6-14/h8,10,12-14,17H,2-7,9,11H2,1H3. The number of alkyl halides is 1. The number of fused-ring (bicyclic) bond motifs is 1. The smallest absolute Gasteiger partial charge is 0.123 e. The normalized spacial score (nSPS) is 24.2. The van der Waals surface area contributed by atoms with Crippen molar-refractivity contribution in [2.24, 2.45) is 5.92 Å². The first-order chi connectivity index (χ1) is 9.72. The first kappa shape index (κ1) is 14.4. The van der Waals surface area contributed by atoms with Crippen molar-refractivity contribution in [1.82, 2.24) is 0 Å². The van der Waals surface area contributed by atoms with E-state index in [1.165, 1.54) is 56.1 Å². The average molecular weight is 337 g/mol. The highest BCUT2D eigenvalue weighted by molar-refractivity contribution is 9.09. The maximum absolute atomic E-state index is 5.78. The minimum Gasteiger partial charge on any atom is -0.490 e. The van der Waals surface area contributed by atoms with Crippen LogP contribution in [0.1, 0.15) is 67.8 Å². The molecule has 1 aliphatic heterocycles. The second-order valence-corrected chi connectivity index (χ2v) is 7.65. The van der Waals surface area contributed by atoms with Gasteiger partial charge in [0.05, 0.1) is 0 Å². The molecule has 1 aromatic rings. The third-order valence-electron chi connectivity index (χ3n) is 4.83. The molecule has 1 aromatic carbocycles. The summed E-state index contributed by atoms with van der Waals surface area (Å²) in [6, 6.07) is 6.74. The van der Waals surface area contributed by atoms with Gasteiger partial charge in [-0.15, -0.1) is 0 Å². The van der Waals surface area contributed by atoms with Crippen LogP contribution < -0.4 is 4.74 Å². The summed E-state index contributed by atoms with van der Waals surface area (Å²) in [7, 11) is 0. The Labute approximate surface area is 131 Å². The van der Waals surface area contributed by atoms with Crippen molar-refractivity contribution in [3.63, 3.8) is 0 Å². The van der Waals surface area contributed by atoms with Crippen LogP contribution in [0.4, 0.5) is 0 Å². The molecule has 1 aliphatic carbocycles. The molecule has 0 bridgehead atoms. The van der Waals surface area contributed by atoms with Crippen LogP contribution in [0, 0.1) is 5.92 Å². The molecule has 110 valence electrons. The summed E-state index contributed by atoms with van der Waals surface area (Å²) in [5.41, 5.74) is 2.81. The summed E-state index contributed by atoms with van der Waals surface area (Å²) >= 11 is 3.90. The molecule has 1 heterocycles. The minimum atomic E-state index is 0.344. The summed E-state index contributed by atoms with van der Waals surface area (Å²) < 4.78 is 5.78. The number of halogens is 1. The molecule has 2 atom stereocenters. The average Bonchev–Trinajstić information content (AvgIpc) is 2.85. The summed E-state index contributed by atoms with van der Waals surface area (Å²) in [6.07, 6.45) is 11.3. The predicted molar refractivity (Wildman–Crippen MR) is 87.7 cm³/mol. The highest BCUT2D eigenvalue weighted by Gasteiger charge is 2.21. The van der Waals surface area contributed by atoms with E-state index in [9.17, 15) is 0 Å². The zero-order chi connectivity index (χ0) is 13.9. The molecule has 2 heteroatoms. The number of rotatable bonds is 4. The maximum Gasteiger partial charge on any atom is 0.123 e. The molecule has 0 aromatic heterocycles. The lowest BCUT2D eigenvalue weighted by molar-refractivity contribution is 0.254. The molecule has 2 aliphatic rings. The van der Waals surface area contributed by atoms with E-state index in [1.807, 2.05) is 0 Å². The first-order valence-electron chi connectivity index (χ1n) is 8.16. The quantitative estimate of drug-likeness (QED) is 0.630. The lowest BCUT2D eigenvalue weighted by Crippen LogP contribution is -2.07. The fourth-order valence-corrected chi connectivity index (χ4v) is 4.21. The molecule has 0 radical (unpaired) electrons. The molecule has 0 spiro atoms. The van der Waals surface area contributed by atoms with Crippen LogP contribution >= 0.6 is 15.9 Å². The van der Waals surface area contributed by atoms with E-state index in [2.05, 4.69) is 41.1 Å². The molecular formula is C18H25BrO. The molecule has 0 amide bonds. The second-order valence-electron chi connectivity index (χ2n) is 6.55. The number of ether oxygens (including phenoxy) is 1. The van der Waals surface area contributed by atoms with E-state index >= 15 is 0 Å².